The summed E-state index contributed by atoms with van der Waals surface area (Å²) in [6.07, 6.45) is 0. The van der Waals surface area contributed by atoms with Gasteiger partial charge >= 0.3 is 0 Å². The topological polar surface area (TPSA) is 78.5 Å². The summed E-state index contributed by atoms with van der Waals surface area (Å²) >= 11 is 0. The molecule has 0 bridgehead atoms. The predicted molar refractivity (Wildman–Crippen MR) is 124 cm³/mol. The third kappa shape index (κ3) is 6.06. The number of hydrogen-bond acceptors (Lipinski definition) is 4. The number of anilines is 2. The number of amides is 1. The fraction of sp³-hybridized carbons (Fsp3) is 0.435. The molecule has 2 aromatic carbocycles. The van der Waals surface area contributed by atoms with Crippen LogP contribution in [-0.4, -0.2) is 32.5 Å². The van der Waals surface area contributed by atoms with Crippen molar-refractivity contribution in [2.24, 2.45) is 0 Å². The van der Waals surface area contributed by atoms with Gasteiger partial charge in [-0.25, -0.2) is 13.1 Å². The number of hydrogen-bond donors (Lipinski definition) is 2. The summed E-state index contributed by atoms with van der Waals surface area (Å²) in [6, 6.07) is 12.6. The van der Waals surface area contributed by atoms with E-state index in [9.17, 15) is 13.2 Å². The Bertz CT molecular complexity index is 991. The van der Waals surface area contributed by atoms with Crippen LogP contribution in [0.15, 0.2) is 47.4 Å². The average Bonchev–Trinajstić information content (AvgIpc) is 2.61. The van der Waals surface area contributed by atoms with Gasteiger partial charge in [0.15, 0.2) is 0 Å². The molecule has 6 nitrogen and oxygen atoms in total. The number of benzene rings is 2. The van der Waals surface area contributed by atoms with E-state index < -0.39 is 15.6 Å². The molecule has 164 valence electrons. The molecule has 0 spiro atoms. The van der Waals surface area contributed by atoms with E-state index >= 15 is 0 Å². The summed E-state index contributed by atoms with van der Waals surface area (Å²) in [7, 11) is -3.73. The summed E-state index contributed by atoms with van der Waals surface area (Å²) in [6.45, 7) is 14.4. The van der Waals surface area contributed by atoms with Gasteiger partial charge in [0.1, 0.15) is 0 Å². The van der Waals surface area contributed by atoms with Crippen molar-refractivity contribution in [1.82, 2.24) is 4.72 Å². The maximum absolute atomic E-state index is 12.8. The standard InChI is InChI=1S/C23H33N3O3S/c1-8-26(16(2)3)19-12-10-18(11-13-19)24-22(27)21-15-20(14-9-17(21)4)30(28,29)25-23(5,6)7/h9-16,25H,8H2,1-7H3,(H,24,27). The maximum Gasteiger partial charge on any atom is 0.255 e. The number of sulfonamides is 1. The molecule has 2 rings (SSSR count). The number of nitrogens with one attached hydrogen (secondary N) is 2. The van der Waals surface area contributed by atoms with Gasteiger partial charge in [-0.3, -0.25) is 4.79 Å². The summed E-state index contributed by atoms with van der Waals surface area (Å²) in [5.74, 6) is -0.343. The smallest absolute Gasteiger partial charge is 0.255 e. The molecule has 0 heterocycles. The van der Waals surface area contributed by atoms with Crippen molar-refractivity contribution in [3.8, 4) is 0 Å². The van der Waals surface area contributed by atoms with Gasteiger partial charge in [0.05, 0.1) is 4.90 Å². The minimum absolute atomic E-state index is 0.0686. The molecule has 0 aliphatic carbocycles. The van der Waals surface area contributed by atoms with Gasteiger partial charge in [0.2, 0.25) is 10.0 Å². The van der Waals surface area contributed by atoms with Crippen LogP contribution in [0.5, 0.6) is 0 Å². The number of carbonyl (C=O) groups excluding carboxylic acids is 1. The van der Waals surface area contributed by atoms with Crippen molar-refractivity contribution in [3.63, 3.8) is 0 Å². The van der Waals surface area contributed by atoms with E-state index in [0.29, 0.717) is 22.9 Å². The molecule has 0 aliphatic rings. The second kappa shape index (κ2) is 9.18. The number of carbonyl (C=O) groups is 1. The number of aryl methyl sites for hydroxylation is 1. The molecule has 2 N–H and O–H groups in total. The first-order valence-corrected chi connectivity index (χ1v) is 11.6. The zero-order valence-electron chi connectivity index (χ0n) is 18.9. The van der Waals surface area contributed by atoms with Gasteiger partial charge in [-0.15, -0.1) is 0 Å². The molecule has 0 aromatic heterocycles. The molecule has 0 saturated heterocycles. The van der Waals surface area contributed by atoms with Gasteiger partial charge in [0, 0.05) is 35.1 Å². The van der Waals surface area contributed by atoms with Crippen LogP contribution >= 0.6 is 0 Å². The molecule has 30 heavy (non-hydrogen) atoms. The van der Waals surface area contributed by atoms with E-state index in [-0.39, 0.29) is 10.8 Å². The Morgan fingerprint density at radius 3 is 2.17 bits per heavy atom. The Morgan fingerprint density at radius 2 is 1.67 bits per heavy atom. The molecule has 0 saturated carbocycles. The van der Waals surface area contributed by atoms with Gasteiger partial charge in [-0.1, -0.05) is 6.07 Å². The van der Waals surface area contributed by atoms with Gasteiger partial charge in [-0.2, -0.15) is 0 Å². The summed E-state index contributed by atoms with van der Waals surface area (Å²) in [5, 5.41) is 2.87. The van der Waals surface area contributed by atoms with Crippen molar-refractivity contribution < 1.29 is 13.2 Å². The summed E-state index contributed by atoms with van der Waals surface area (Å²) in [4.78, 5) is 15.2. The van der Waals surface area contributed by atoms with Gasteiger partial charge in [0.25, 0.3) is 5.91 Å². The molecule has 0 fully saturated rings. The molecule has 1 amide bonds. The van der Waals surface area contributed by atoms with Crippen molar-refractivity contribution >= 4 is 27.3 Å². The lowest BCUT2D eigenvalue weighted by Crippen LogP contribution is -2.40. The van der Waals surface area contributed by atoms with E-state index in [1.165, 1.54) is 12.1 Å². The van der Waals surface area contributed by atoms with Crippen LogP contribution in [0.2, 0.25) is 0 Å². The van der Waals surface area contributed by atoms with Gasteiger partial charge < -0.3 is 10.2 Å². The van der Waals surface area contributed by atoms with E-state index in [1.807, 2.05) is 24.3 Å². The first-order chi connectivity index (χ1) is 13.8. The monoisotopic (exact) mass is 431 g/mol. The SMILES string of the molecule is CCN(c1ccc(NC(=O)c2cc(S(=O)(=O)NC(C)(C)C)ccc2C)cc1)C(C)C. The Hall–Kier alpha value is -2.38. The fourth-order valence-electron chi connectivity index (χ4n) is 3.26. The van der Waals surface area contributed by atoms with Crippen molar-refractivity contribution in [2.45, 2.75) is 64.9 Å². The highest BCUT2D eigenvalue weighted by atomic mass is 32.2. The summed E-state index contributed by atoms with van der Waals surface area (Å²) < 4.78 is 27.9. The minimum Gasteiger partial charge on any atom is -0.369 e. The zero-order chi connectivity index (χ0) is 22.7. The molecular formula is C23H33N3O3S. The Morgan fingerprint density at radius 1 is 1.07 bits per heavy atom. The van der Waals surface area contributed by atoms with Crippen LogP contribution in [0.1, 0.15) is 57.5 Å². The third-order valence-corrected chi connectivity index (χ3v) is 6.38. The van der Waals surface area contributed by atoms with Crippen LogP contribution in [0, 0.1) is 6.92 Å². The molecule has 0 radical (unpaired) electrons. The fourth-order valence-corrected chi connectivity index (χ4v) is 4.70. The van der Waals surface area contributed by atoms with Crippen LogP contribution in [0.4, 0.5) is 11.4 Å². The third-order valence-electron chi connectivity index (χ3n) is 4.63. The highest BCUT2D eigenvalue weighted by Crippen LogP contribution is 2.22. The zero-order valence-corrected chi connectivity index (χ0v) is 19.7. The lowest BCUT2D eigenvalue weighted by Gasteiger charge is -2.27. The highest BCUT2D eigenvalue weighted by Gasteiger charge is 2.23. The highest BCUT2D eigenvalue weighted by molar-refractivity contribution is 7.89. The molecule has 2 aromatic rings. The quantitative estimate of drug-likeness (QED) is 0.674. The number of nitrogens with zero attached hydrogens (tertiary/aromatic N) is 1. The minimum atomic E-state index is -3.73. The van der Waals surface area contributed by atoms with Crippen molar-refractivity contribution in [3.05, 3.63) is 53.6 Å². The Labute approximate surface area is 180 Å². The maximum atomic E-state index is 12.8. The van der Waals surface area contributed by atoms with E-state index in [1.54, 1.807) is 33.8 Å². The molecule has 0 aliphatic heterocycles. The summed E-state index contributed by atoms with van der Waals surface area (Å²) in [5.41, 5.74) is 2.16. The van der Waals surface area contributed by atoms with Crippen LogP contribution in [-0.2, 0) is 10.0 Å². The second-order valence-corrected chi connectivity index (χ2v) is 10.4. The molecular weight excluding hydrogens is 398 g/mol. The van der Waals surface area contributed by atoms with E-state index in [4.69, 9.17) is 0 Å². The largest absolute Gasteiger partial charge is 0.369 e. The first-order valence-electron chi connectivity index (χ1n) is 10.2. The molecule has 0 unspecified atom stereocenters. The normalized spacial score (nSPS) is 12.1. The molecule has 0 atom stereocenters. The van der Waals surface area contributed by atoms with Crippen molar-refractivity contribution in [2.75, 3.05) is 16.8 Å². The van der Waals surface area contributed by atoms with E-state index in [2.05, 4.69) is 35.7 Å². The van der Waals surface area contributed by atoms with Gasteiger partial charge in [-0.05, 0) is 90.4 Å². The van der Waals surface area contributed by atoms with Crippen LogP contribution in [0.3, 0.4) is 0 Å². The predicted octanol–water partition coefficient (Wildman–Crippen LogP) is 4.56. The van der Waals surface area contributed by atoms with Crippen molar-refractivity contribution in [1.29, 1.82) is 0 Å². The Balaban J connectivity index is 2.25. The lowest BCUT2D eigenvalue weighted by atomic mass is 10.1. The van der Waals surface area contributed by atoms with E-state index in [0.717, 1.165) is 12.2 Å². The number of rotatable bonds is 7. The lowest BCUT2D eigenvalue weighted by molar-refractivity contribution is 0.102. The average molecular weight is 432 g/mol. The Kier molecular flexibility index (Phi) is 7.31. The van der Waals surface area contributed by atoms with Crippen LogP contribution in [0.25, 0.3) is 0 Å². The molecule has 7 heteroatoms. The first kappa shape index (κ1) is 23.9. The van der Waals surface area contributed by atoms with Crippen LogP contribution < -0.4 is 14.9 Å². The second-order valence-electron chi connectivity index (χ2n) is 8.71.